The van der Waals surface area contributed by atoms with Crippen molar-refractivity contribution in [3.05, 3.63) is 59.9 Å². The number of carbonyl (C=O) groups is 2. The van der Waals surface area contributed by atoms with E-state index < -0.39 is 21.9 Å². The van der Waals surface area contributed by atoms with Gasteiger partial charge in [0.25, 0.3) is 0 Å². The molecule has 0 radical (unpaired) electrons. The Morgan fingerprint density at radius 1 is 1.09 bits per heavy atom. The Bertz CT molecular complexity index is 1090. The number of rotatable bonds is 13. The molecular weight excluding hydrogens is 473 g/mol. The van der Waals surface area contributed by atoms with Crippen LogP contribution in [0.15, 0.2) is 48.5 Å². The number of carbonyl (C=O) groups excluding carboxylic acids is 2. The van der Waals surface area contributed by atoms with Crippen LogP contribution in [0.4, 0.5) is 10.1 Å². The average molecular weight is 508 g/mol. The van der Waals surface area contributed by atoms with Gasteiger partial charge in [-0.05, 0) is 49.6 Å². The second-order valence-corrected chi connectivity index (χ2v) is 9.93. The fourth-order valence-corrected chi connectivity index (χ4v) is 4.76. The lowest BCUT2D eigenvalue weighted by Crippen LogP contribution is -2.48. The summed E-state index contributed by atoms with van der Waals surface area (Å²) < 4.78 is 45.2. The summed E-state index contributed by atoms with van der Waals surface area (Å²) in [5.41, 5.74) is 1.09. The number of likely N-dealkylation sites (N-methyl/N-ethyl adjacent to an activating group) is 1. The summed E-state index contributed by atoms with van der Waals surface area (Å²) in [5, 5.41) is 2.59. The molecule has 0 aliphatic rings. The van der Waals surface area contributed by atoms with Gasteiger partial charge in [0.2, 0.25) is 21.8 Å². The van der Waals surface area contributed by atoms with Crippen molar-refractivity contribution in [1.29, 1.82) is 0 Å². The third-order valence-electron chi connectivity index (χ3n) is 5.48. The number of halogens is 1. The first-order chi connectivity index (χ1) is 16.6. The van der Waals surface area contributed by atoms with E-state index in [9.17, 15) is 22.4 Å². The normalized spacial score (nSPS) is 12.0. The van der Waals surface area contributed by atoms with Crippen LogP contribution < -0.4 is 14.4 Å². The molecular formula is C25H34FN3O5S. The van der Waals surface area contributed by atoms with Crippen LogP contribution in [-0.2, 0) is 26.2 Å². The zero-order valence-corrected chi connectivity index (χ0v) is 21.5. The van der Waals surface area contributed by atoms with Gasteiger partial charge in [-0.3, -0.25) is 13.9 Å². The van der Waals surface area contributed by atoms with Gasteiger partial charge in [0.05, 0.1) is 18.6 Å². The summed E-state index contributed by atoms with van der Waals surface area (Å²) in [6.45, 7) is 4.20. The molecule has 0 unspecified atom stereocenters. The maximum absolute atomic E-state index is 13.3. The summed E-state index contributed by atoms with van der Waals surface area (Å²) in [6, 6.07) is 11.9. The summed E-state index contributed by atoms with van der Waals surface area (Å²) in [7, 11) is -2.13. The van der Waals surface area contributed by atoms with Gasteiger partial charge in [-0.15, -0.1) is 0 Å². The largest absolute Gasteiger partial charge is 0.492 e. The molecule has 1 N–H and O–H groups in total. The monoisotopic (exact) mass is 507 g/mol. The lowest BCUT2D eigenvalue weighted by atomic mass is 10.1. The number of nitrogens with zero attached hydrogens (tertiary/aromatic N) is 2. The second kappa shape index (κ2) is 13.1. The highest BCUT2D eigenvalue weighted by molar-refractivity contribution is 7.92. The Morgan fingerprint density at radius 3 is 2.31 bits per heavy atom. The number of benzene rings is 2. The molecule has 35 heavy (non-hydrogen) atoms. The Kier molecular flexibility index (Phi) is 10.5. The molecule has 192 valence electrons. The third-order valence-corrected chi connectivity index (χ3v) is 6.66. The van der Waals surface area contributed by atoms with Crippen molar-refractivity contribution in [1.82, 2.24) is 10.2 Å². The predicted molar refractivity (Wildman–Crippen MR) is 134 cm³/mol. The molecule has 1 atom stereocenters. The minimum atomic E-state index is -3.64. The molecule has 0 fully saturated rings. The van der Waals surface area contributed by atoms with Crippen molar-refractivity contribution in [3.63, 3.8) is 0 Å². The number of hydrogen-bond donors (Lipinski definition) is 1. The molecule has 0 aliphatic heterocycles. The van der Waals surface area contributed by atoms with Crippen LogP contribution in [-0.4, -0.2) is 57.6 Å². The molecule has 8 nitrogen and oxygen atoms in total. The Balaban J connectivity index is 2.21. The number of hydrogen-bond acceptors (Lipinski definition) is 5. The summed E-state index contributed by atoms with van der Waals surface area (Å²) in [6.07, 6.45) is 1.76. The maximum Gasteiger partial charge on any atom is 0.242 e. The van der Waals surface area contributed by atoms with Gasteiger partial charge in [0.15, 0.2) is 0 Å². The zero-order chi connectivity index (χ0) is 26.0. The molecule has 0 aliphatic carbocycles. The SMILES string of the molecule is CCOc1ccccc1N(CCCC(=O)N(Cc1ccc(F)cc1)[C@H](CC)C(=O)NC)S(C)(=O)=O. The third kappa shape index (κ3) is 7.95. The summed E-state index contributed by atoms with van der Waals surface area (Å²) in [4.78, 5) is 27.2. The van der Waals surface area contributed by atoms with E-state index in [-0.39, 0.29) is 37.7 Å². The van der Waals surface area contributed by atoms with E-state index in [2.05, 4.69) is 5.32 Å². The first kappa shape index (κ1) is 28.1. The summed E-state index contributed by atoms with van der Waals surface area (Å²) in [5.74, 6) is -0.545. The maximum atomic E-state index is 13.3. The Hall–Kier alpha value is -3.14. The van der Waals surface area contributed by atoms with Gasteiger partial charge in [0.1, 0.15) is 17.6 Å². The van der Waals surface area contributed by atoms with Gasteiger partial charge < -0.3 is 15.0 Å². The van der Waals surface area contributed by atoms with Crippen LogP contribution in [0.1, 0.15) is 38.7 Å². The number of ether oxygens (including phenoxy) is 1. The fraction of sp³-hybridized carbons (Fsp3) is 0.440. The molecule has 0 bridgehead atoms. The van der Waals surface area contributed by atoms with Crippen LogP contribution in [0.25, 0.3) is 0 Å². The molecule has 2 rings (SSSR count). The molecule has 2 amide bonds. The van der Waals surface area contributed by atoms with Crippen molar-refractivity contribution in [2.24, 2.45) is 0 Å². The number of amides is 2. The van der Waals surface area contributed by atoms with E-state index in [1.165, 1.54) is 28.4 Å². The lowest BCUT2D eigenvalue weighted by molar-refractivity contribution is -0.141. The van der Waals surface area contributed by atoms with Gasteiger partial charge in [0, 0.05) is 26.6 Å². The second-order valence-electron chi connectivity index (χ2n) is 8.03. The van der Waals surface area contributed by atoms with Crippen molar-refractivity contribution in [3.8, 4) is 5.75 Å². The molecule has 2 aromatic carbocycles. The highest BCUT2D eigenvalue weighted by Gasteiger charge is 2.28. The molecule has 10 heteroatoms. The molecule has 2 aromatic rings. The minimum Gasteiger partial charge on any atom is -0.492 e. The highest BCUT2D eigenvalue weighted by Crippen LogP contribution is 2.30. The number of para-hydroxylation sites is 2. The van der Waals surface area contributed by atoms with E-state index in [1.807, 2.05) is 6.92 Å². The van der Waals surface area contributed by atoms with E-state index in [0.29, 0.717) is 30.0 Å². The Labute approximate surface area is 207 Å². The van der Waals surface area contributed by atoms with Crippen LogP contribution >= 0.6 is 0 Å². The minimum absolute atomic E-state index is 0.0253. The van der Waals surface area contributed by atoms with Crippen LogP contribution in [0.2, 0.25) is 0 Å². The van der Waals surface area contributed by atoms with Crippen molar-refractivity contribution < 1.29 is 27.1 Å². The van der Waals surface area contributed by atoms with Gasteiger partial charge >= 0.3 is 0 Å². The van der Waals surface area contributed by atoms with Crippen LogP contribution in [0.3, 0.4) is 0 Å². The first-order valence-corrected chi connectivity index (χ1v) is 13.4. The molecule has 0 spiro atoms. The van der Waals surface area contributed by atoms with Crippen LogP contribution in [0, 0.1) is 5.82 Å². The predicted octanol–water partition coefficient (Wildman–Crippen LogP) is 3.32. The summed E-state index contributed by atoms with van der Waals surface area (Å²) >= 11 is 0. The van der Waals surface area contributed by atoms with Crippen molar-refractivity contribution in [2.45, 2.75) is 45.7 Å². The Morgan fingerprint density at radius 2 is 1.74 bits per heavy atom. The fourth-order valence-electron chi connectivity index (χ4n) is 3.80. The van der Waals surface area contributed by atoms with Crippen molar-refractivity contribution in [2.75, 3.05) is 30.8 Å². The molecule has 0 aromatic heterocycles. The lowest BCUT2D eigenvalue weighted by Gasteiger charge is -2.31. The number of nitrogens with one attached hydrogen (secondary N) is 1. The van der Waals surface area contributed by atoms with Gasteiger partial charge in [-0.25, -0.2) is 12.8 Å². The first-order valence-electron chi connectivity index (χ1n) is 11.6. The van der Waals surface area contributed by atoms with Gasteiger partial charge in [-0.2, -0.15) is 0 Å². The van der Waals surface area contributed by atoms with E-state index >= 15 is 0 Å². The molecule has 0 saturated carbocycles. The topological polar surface area (TPSA) is 96.0 Å². The number of sulfonamides is 1. The quantitative estimate of drug-likeness (QED) is 0.449. The number of anilines is 1. The smallest absolute Gasteiger partial charge is 0.242 e. The zero-order valence-electron chi connectivity index (χ0n) is 20.7. The van der Waals surface area contributed by atoms with Crippen LogP contribution in [0.5, 0.6) is 5.75 Å². The molecule has 0 heterocycles. The van der Waals surface area contributed by atoms with E-state index in [4.69, 9.17) is 4.74 Å². The molecule has 0 saturated heterocycles. The van der Waals surface area contributed by atoms with Crippen molar-refractivity contribution >= 4 is 27.5 Å². The average Bonchev–Trinajstić information content (AvgIpc) is 2.82. The van der Waals surface area contributed by atoms with E-state index in [1.54, 1.807) is 43.3 Å². The highest BCUT2D eigenvalue weighted by atomic mass is 32.2. The van der Waals surface area contributed by atoms with E-state index in [0.717, 1.165) is 6.26 Å². The standard InChI is InChI=1S/C25H34FN3O5S/c1-5-21(25(31)27-3)28(18-19-13-15-20(26)16-14-19)24(30)12-9-17-29(35(4,32)33)22-10-7-8-11-23(22)34-6-2/h7-8,10-11,13-16,21H,5-6,9,12,17-18H2,1-4H3,(H,27,31)/t21-/m1/s1. The van der Waals surface area contributed by atoms with Gasteiger partial charge in [-0.1, -0.05) is 31.2 Å².